The third-order valence-corrected chi connectivity index (χ3v) is 7.51. The number of rotatable bonds is 11. The average molecular weight is 335 g/mol. The van der Waals surface area contributed by atoms with E-state index in [1.54, 1.807) is 0 Å². The molecule has 2 rings (SSSR count). The molecule has 0 atom stereocenters. The van der Waals surface area contributed by atoms with Gasteiger partial charge in [0.1, 0.15) is 0 Å². The molecule has 4 heteroatoms. The first-order chi connectivity index (χ1) is 11.2. The van der Waals surface area contributed by atoms with Crippen LogP contribution in [0.25, 0.3) is 0 Å². The fourth-order valence-corrected chi connectivity index (χ4v) is 6.14. The lowest BCUT2D eigenvalue weighted by Crippen LogP contribution is -2.46. The molecule has 2 aliphatic carbocycles. The van der Waals surface area contributed by atoms with E-state index in [2.05, 4.69) is 48.6 Å². The van der Waals surface area contributed by atoms with Crippen molar-refractivity contribution >= 4 is 8.80 Å². The fraction of sp³-hybridized carbons (Fsp3) is 0.579. The smallest absolute Gasteiger partial charge is 0.374 e. The number of hydrogen-bond donors (Lipinski definition) is 0. The molecule has 23 heavy (non-hydrogen) atoms. The van der Waals surface area contributed by atoms with Gasteiger partial charge in [0.2, 0.25) is 0 Å². The van der Waals surface area contributed by atoms with Crippen molar-refractivity contribution in [1.82, 2.24) is 0 Å². The molecule has 0 aromatic carbocycles. The maximum atomic E-state index is 6.01. The van der Waals surface area contributed by atoms with Crippen LogP contribution in [0.4, 0.5) is 0 Å². The Hall–Kier alpha value is -0.943. The summed E-state index contributed by atoms with van der Waals surface area (Å²) in [5.41, 5.74) is 0. The summed E-state index contributed by atoms with van der Waals surface area (Å²) >= 11 is 0. The topological polar surface area (TPSA) is 27.7 Å². The van der Waals surface area contributed by atoms with Crippen LogP contribution in [0.2, 0.25) is 6.04 Å². The zero-order chi connectivity index (χ0) is 16.5. The van der Waals surface area contributed by atoms with Crippen molar-refractivity contribution in [2.45, 2.75) is 33.2 Å². The van der Waals surface area contributed by atoms with E-state index in [-0.39, 0.29) is 0 Å². The molecule has 0 saturated heterocycles. The van der Waals surface area contributed by atoms with Crippen molar-refractivity contribution in [3.8, 4) is 0 Å². The normalized spacial score (nSPS) is 18.1. The Bertz CT molecular complexity index is 398. The van der Waals surface area contributed by atoms with Gasteiger partial charge >= 0.3 is 8.80 Å². The highest BCUT2D eigenvalue weighted by Gasteiger charge is 2.41. The molecular formula is C19H30O3Si. The molecule has 0 aromatic heterocycles. The van der Waals surface area contributed by atoms with Crippen LogP contribution in [-0.2, 0) is 13.3 Å². The number of allylic oxidation sites excluding steroid dienone is 8. The van der Waals surface area contributed by atoms with Gasteiger partial charge in [-0.15, -0.1) is 0 Å². The van der Waals surface area contributed by atoms with Gasteiger partial charge in [-0.1, -0.05) is 48.6 Å². The van der Waals surface area contributed by atoms with E-state index < -0.39 is 8.80 Å². The third kappa shape index (κ3) is 5.01. The van der Waals surface area contributed by atoms with E-state index in [9.17, 15) is 0 Å². The predicted molar refractivity (Wildman–Crippen MR) is 97.1 cm³/mol. The molecule has 0 N–H and O–H groups in total. The Kier molecular flexibility index (Phi) is 7.50. The molecule has 2 aliphatic rings. The summed E-state index contributed by atoms with van der Waals surface area (Å²) in [4.78, 5) is 0. The monoisotopic (exact) mass is 334 g/mol. The third-order valence-electron chi connectivity index (χ3n) is 4.42. The Morgan fingerprint density at radius 2 is 1.13 bits per heavy atom. The lowest BCUT2D eigenvalue weighted by molar-refractivity contribution is 0.0688. The standard InChI is InChI=1S/C19H30O3Si/c1-4-20-23(21-5-2,22-6-3)16-15-19(17-11-7-8-12-17)18-13-9-10-14-18/h7-14,17-19H,4-6,15-16H2,1-3H3. The van der Waals surface area contributed by atoms with Gasteiger partial charge < -0.3 is 13.3 Å². The molecule has 0 spiro atoms. The van der Waals surface area contributed by atoms with Crippen LogP contribution < -0.4 is 0 Å². The van der Waals surface area contributed by atoms with Crippen LogP contribution in [0.15, 0.2) is 48.6 Å². The average Bonchev–Trinajstić information content (AvgIpc) is 3.22. The van der Waals surface area contributed by atoms with Crippen LogP contribution in [0.3, 0.4) is 0 Å². The van der Waals surface area contributed by atoms with E-state index in [1.165, 1.54) is 0 Å². The highest BCUT2D eigenvalue weighted by Crippen LogP contribution is 2.36. The minimum atomic E-state index is -2.56. The quantitative estimate of drug-likeness (QED) is 0.520. The summed E-state index contributed by atoms with van der Waals surface area (Å²) in [6, 6.07) is 0.879. The summed E-state index contributed by atoms with van der Waals surface area (Å²) in [5.74, 6) is 1.52. The van der Waals surface area contributed by atoms with Crippen molar-refractivity contribution in [2.75, 3.05) is 19.8 Å². The van der Waals surface area contributed by atoms with Crippen molar-refractivity contribution < 1.29 is 13.3 Å². The lowest BCUT2D eigenvalue weighted by atomic mass is 9.81. The highest BCUT2D eigenvalue weighted by molar-refractivity contribution is 6.60. The Morgan fingerprint density at radius 1 is 0.739 bits per heavy atom. The maximum Gasteiger partial charge on any atom is 0.500 e. The molecule has 3 nitrogen and oxygen atoms in total. The molecule has 0 unspecified atom stereocenters. The zero-order valence-corrected chi connectivity index (χ0v) is 15.6. The molecule has 0 aliphatic heterocycles. The predicted octanol–water partition coefficient (Wildman–Crippen LogP) is 4.53. The molecule has 0 amide bonds. The first kappa shape index (κ1) is 18.4. The molecule has 128 valence electrons. The molecule has 0 saturated carbocycles. The molecule has 0 bridgehead atoms. The van der Waals surface area contributed by atoms with E-state index in [0.29, 0.717) is 37.6 Å². The van der Waals surface area contributed by atoms with Gasteiger partial charge in [-0.25, -0.2) is 0 Å². The van der Waals surface area contributed by atoms with Crippen LogP contribution in [0.5, 0.6) is 0 Å². The maximum absolute atomic E-state index is 6.01. The van der Waals surface area contributed by atoms with Crippen LogP contribution in [0.1, 0.15) is 27.2 Å². The first-order valence-corrected chi connectivity index (χ1v) is 10.8. The largest absolute Gasteiger partial charge is 0.500 e. The molecular weight excluding hydrogens is 304 g/mol. The van der Waals surface area contributed by atoms with Crippen molar-refractivity contribution in [1.29, 1.82) is 0 Å². The van der Waals surface area contributed by atoms with Crippen LogP contribution in [0, 0.1) is 17.8 Å². The summed E-state index contributed by atoms with van der Waals surface area (Å²) in [6.07, 6.45) is 18.9. The van der Waals surface area contributed by atoms with Gasteiger partial charge in [0.05, 0.1) is 0 Å². The first-order valence-electron chi connectivity index (χ1n) is 8.86. The fourth-order valence-electron chi connectivity index (χ4n) is 3.46. The van der Waals surface area contributed by atoms with Crippen molar-refractivity contribution in [3.05, 3.63) is 48.6 Å². The molecule has 0 fully saturated rings. The summed E-state index contributed by atoms with van der Waals surface area (Å²) < 4.78 is 18.0. The van der Waals surface area contributed by atoms with Gasteiger partial charge in [0.15, 0.2) is 0 Å². The Labute approximate surface area is 142 Å². The van der Waals surface area contributed by atoms with E-state index in [1.807, 2.05) is 20.8 Å². The van der Waals surface area contributed by atoms with Crippen LogP contribution >= 0.6 is 0 Å². The van der Waals surface area contributed by atoms with Crippen molar-refractivity contribution in [3.63, 3.8) is 0 Å². The molecule has 0 radical (unpaired) electrons. The lowest BCUT2D eigenvalue weighted by Gasteiger charge is -2.32. The van der Waals surface area contributed by atoms with Crippen molar-refractivity contribution in [2.24, 2.45) is 17.8 Å². The van der Waals surface area contributed by atoms with Gasteiger partial charge in [0.25, 0.3) is 0 Å². The van der Waals surface area contributed by atoms with Crippen LogP contribution in [-0.4, -0.2) is 28.6 Å². The summed E-state index contributed by atoms with van der Waals surface area (Å²) in [5, 5.41) is 0. The second kappa shape index (κ2) is 9.38. The van der Waals surface area contributed by atoms with Gasteiger partial charge in [-0.05, 0) is 44.9 Å². The second-order valence-electron chi connectivity index (χ2n) is 5.88. The summed E-state index contributed by atoms with van der Waals surface area (Å²) in [6.45, 7) is 7.97. The van der Waals surface area contributed by atoms with E-state index >= 15 is 0 Å². The minimum Gasteiger partial charge on any atom is -0.374 e. The Morgan fingerprint density at radius 3 is 1.48 bits per heavy atom. The number of hydrogen-bond acceptors (Lipinski definition) is 3. The van der Waals surface area contributed by atoms with Gasteiger partial charge in [0, 0.05) is 25.9 Å². The second-order valence-corrected chi connectivity index (χ2v) is 8.61. The van der Waals surface area contributed by atoms with Gasteiger partial charge in [-0.3, -0.25) is 0 Å². The van der Waals surface area contributed by atoms with E-state index in [0.717, 1.165) is 12.5 Å². The Balaban J connectivity index is 2.07. The highest BCUT2D eigenvalue weighted by atomic mass is 28.4. The van der Waals surface area contributed by atoms with Gasteiger partial charge in [-0.2, -0.15) is 0 Å². The minimum absolute atomic E-state index is 0.490. The molecule has 0 aromatic rings. The SMILES string of the molecule is CCO[Si](CCC(C1C=CC=C1)C1C=CC=C1)(OCC)OCC. The van der Waals surface area contributed by atoms with E-state index in [4.69, 9.17) is 13.3 Å². The molecule has 0 heterocycles. The summed E-state index contributed by atoms with van der Waals surface area (Å²) in [7, 11) is -2.56. The zero-order valence-electron chi connectivity index (χ0n) is 14.6.